The van der Waals surface area contributed by atoms with Crippen LogP contribution in [0.2, 0.25) is 0 Å². The Balaban J connectivity index is 2.10. The molecule has 0 bridgehead atoms. The van der Waals surface area contributed by atoms with Crippen LogP contribution in [0.25, 0.3) is 0 Å². The summed E-state index contributed by atoms with van der Waals surface area (Å²) in [6, 6.07) is -0.919. The van der Waals surface area contributed by atoms with E-state index in [0.717, 1.165) is 19.3 Å². The summed E-state index contributed by atoms with van der Waals surface area (Å²) in [4.78, 5) is 24.0. The molecule has 1 saturated carbocycles. The van der Waals surface area contributed by atoms with Crippen LogP contribution < -0.4 is 5.32 Å². The average Bonchev–Trinajstić information content (AvgIpc) is 2.54. The minimum Gasteiger partial charge on any atom is -0.323 e. The molecule has 2 rings (SSSR count). The summed E-state index contributed by atoms with van der Waals surface area (Å²) in [5.74, 6) is -0.226. The molecule has 0 unspecified atom stereocenters. The zero-order chi connectivity index (χ0) is 14.3. The normalized spacial score (nSPS) is 32.0. The van der Waals surface area contributed by atoms with Crippen molar-refractivity contribution >= 4 is 11.9 Å². The van der Waals surface area contributed by atoms with Crippen LogP contribution >= 0.6 is 0 Å². The van der Waals surface area contributed by atoms with E-state index in [9.17, 15) is 22.8 Å². The number of nitrogens with one attached hydrogen (secondary N) is 1. The van der Waals surface area contributed by atoms with Gasteiger partial charge in [0.15, 0.2) is 0 Å². The molecule has 108 valence electrons. The molecule has 0 radical (unpaired) electrons. The summed E-state index contributed by atoms with van der Waals surface area (Å²) >= 11 is 0. The zero-order valence-corrected chi connectivity index (χ0v) is 10.7. The molecular weight excluding hydrogens is 261 g/mol. The quantitative estimate of drug-likeness (QED) is 0.789. The van der Waals surface area contributed by atoms with Crippen molar-refractivity contribution in [3.05, 3.63) is 0 Å². The van der Waals surface area contributed by atoms with Crippen molar-refractivity contribution in [3.8, 4) is 0 Å². The molecule has 4 nitrogen and oxygen atoms in total. The number of halogens is 3. The molecule has 0 aromatic heterocycles. The van der Waals surface area contributed by atoms with E-state index >= 15 is 0 Å². The molecule has 3 amide bonds. The number of carbonyl (C=O) groups is 2. The summed E-state index contributed by atoms with van der Waals surface area (Å²) in [7, 11) is 0. The van der Waals surface area contributed by atoms with Crippen molar-refractivity contribution in [3.63, 3.8) is 0 Å². The number of hydrogen-bond acceptors (Lipinski definition) is 2. The molecule has 1 saturated heterocycles. The van der Waals surface area contributed by atoms with Gasteiger partial charge in [0.05, 0.1) is 0 Å². The van der Waals surface area contributed by atoms with E-state index in [0.29, 0.717) is 23.7 Å². The van der Waals surface area contributed by atoms with Crippen LogP contribution in [-0.2, 0) is 4.79 Å². The predicted octanol–water partition coefficient (Wildman–Crippen LogP) is 2.44. The molecule has 0 atom stereocenters. The zero-order valence-electron chi connectivity index (χ0n) is 10.7. The van der Waals surface area contributed by atoms with Gasteiger partial charge in [0.25, 0.3) is 5.91 Å². The average molecular weight is 278 g/mol. The number of alkyl halides is 3. The van der Waals surface area contributed by atoms with Gasteiger partial charge in [-0.05, 0) is 31.6 Å². The molecule has 1 N–H and O–H groups in total. The van der Waals surface area contributed by atoms with Crippen molar-refractivity contribution < 1.29 is 22.8 Å². The first-order valence-corrected chi connectivity index (χ1v) is 6.48. The lowest BCUT2D eigenvalue weighted by atomic mass is 9.75. The monoisotopic (exact) mass is 278 g/mol. The van der Waals surface area contributed by atoms with Gasteiger partial charge in [-0.3, -0.25) is 9.69 Å². The Morgan fingerprint density at radius 2 is 1.89 bits per heavy atom. The molecule has 0 aromatic carbocycles. The van der Waals surface area contributed by atoms with E-state index in [4.69, 9.17) is 0 Å². The van der Waals surface area contributed by atoms with E-state index in [1.807, 2.05) is 6.92 Å². The SMILES string of the molecule is CCC1CCC2(CC1)NC(=O)N(CC(F)(F)F)C2=O. The maximum Gasteiger partial charge on any atom is 0.406 e. The third kappa shape index (κ3) is 2.69. The van der Waals surface area contributed by atoms with Gasteiger partial charge in [0.2, 0.25) is 0 Å². The van der Waals surface area contributed by atoms with Crippen LogP contribution in [0, 0.1) is 5.92 Å². The molecule has 2 aliphatic rings. The molecule has 0 aromatic rings. The Bertz CT molecular complexity index is 387. The first-order valence-electron chi connectivity index (χ1n) is 6.48. The minimum absolute atomic E-state index is 0.298. The largest absolute Gasteiger partial charge is 0.406 e. The van der Waals surface area contributed by atoms with E-state index in [2.05, 4.69) is 5.32 Å². The number of imide groups is 1. The topological polar surface area (TPSA) is 49.4 Å². The van der Waals surface area contributed by atoms with Crippen LogP contribution in [0.1, 0.15) is 39.0 Å². The highest BCUT2D eigenvalue weighted by atomic mass is 19.4. The lowest BCUT2D eigenvalue weighted by Gasteiger charge is -2.34. The minimum atomic E-state index is -4.56. The van der Waals surface area contributed by atoms with Crippen molar-refractivity contribution in [1.29, 1.82) is 0 Å². The molecule has 19 heavy (non-hydrogen) atoms. The predicted molar refractivity (Wildman–Crippen MR) is 61.3 cm³/mol. The molecule has 2 fully saturated rings. The molecule has 1 spiro atoms. The fourth-order valence-corrected chi connectivity index (χ4v) is 2.92. The van der Waals surface area contributed by atoms with Gasteiger partial charge in [-0.1, -0.05) is 13.3 Å². The first kappa shape index (κ1) is 14.1. The molecule has 7 heteroatoms. The Kier molecular flexibility index (Phi) is 3.49. The van der Waals surface area contributed by atoms with Crippen molar-refractivity contribution in [1.82, 2.24) is 10.2 Å². The number of hydrogen-bond donors (Lipinski definition) is 1. The second-order valence-electron chi connectivity index (χ2n) is 5.37. The Morgan fingerprint density at radius 3 is 2.37 bits per heavy atom. The maximum atomic E-state index is 12.4. The van der Waals surface area contributed by atoms with Gasteiger partial charge < -0.3 is 5.32 Å². The van der Waals surface area contributed by atoms with E-state index in [1.165, 1.54) is 0 Å². The second-order valence-corrected chi connectivity index (χ2v) is 5.37. The van der Waals surface area contributed by atoms with Gasteiger partial charge in [0.1, 0.15) is 12.1 Å². The number of rotatable bonds is 2. The summed E-state index contributed by atoms with van der Waals surface area (Å²) in [6.45, 7) is 0.546. The third-order valence-electron chi connectivity index (χ3n) is 4.12. The fraction of sp³-hybridized carbons (Fsp3) is 0.833. The van der Waals surface area contributed by atoms with Gasteiger partial charge in [-0.25, -0.2) is 4.79 Å². The lowest BCUT2D eigenvalue weighted by Crippen LogP contribution is -2.50. The number of amides is 3. The Morgan fingerprint density at radius 1 is 1.32 bits per heavy atom. The summed E-state index contributed by atoms with van der Waals surface area (Å²) in [5.41, 5.74) is -1.09. The number of urea groups is 1. The van der Waals surface area contributed by atoms with Crippen LogP contribution in [0.15, 0.2) is 0 Å². The lowest BCUT2D eigenvalue weighted by molar-refractivity contribution is -0.155. The number of nitrogens with zero attached hydrogens (tertiary/aromatic N) is 1. The van der Waals surface area contributed by atoms with Crippen LogP contribution in [0.3, 0.4) is 0 Å². The van der Waals surface area contributed by atoms with Gasteiger partial charge in [0, 0.05) is 0 Å². The van der Waals surface area contributed by atoms with Gasteiger partial charge in [-0.15, -0.1) is 0 Å². The maximum absolute atomic E-state index is 12.4. The molecule has 1 aliphatic carbocycles. The number of carbonyl (C=O) groups excluding carboxylic acids is 2. The molecular formula is C12H17F3N2O2. The molecule has 1 heterocycles. The van der Waals surface area contributed by atoms with Gasteiger partial charge >= 0.3 is 12.2 Å². The van der Waals surface area contributed by atoms with Crippen LogP contribution in [-0.4, -0.2) is 35.1 Å². The van der Waals surface area contributed by atoms with E-state index < -0.39 is 30.2 Å². The first-order chi connectivity index (χ1) is 8.77. The van der Waals surface area contributed by atoms with Gasteiger partial charge in [-0.2, -0.15) is 13.2 Å². The van der Waals surface area contributed by atoms with Crippen molar-refractivity contribution in [2.24, 2.45) is 5.92 Å². The summed E-state index contributed by atoms with van der Waals surface area (Å²) < 4.78 is 37.1. The fourth-order valence-electron chi connectivity index (χ4n) is 2.92. The van der Waals surface area contributed by atoms with Crippen LogP contribution in [0.4, 0.5) is 18.0 Å². The van der Waals surface area contributed by atoms with Crippen molar-refractivity contribution in [2.45, 2.75) is 50.7 Å². The molecule has 1 aliphatic heterocycles. The Labute approximate surface area is 109 Å². The highest BCUT2D eigenvalue weighted by Crippen LogP contribution is 2.38. The highest BCUT2D eigenvalue weighted by molar-refractivity contribution is 6.07. The van der Waals surface area contributed by atoms with Crippen molar-refractivity contribution in [2.75, 3.05) is 6.54 Å². The van der Waals surface area contributed by atoms with E-state index in [1.54, 1.807) is 0 Å². The van der Waals surface area contributed by atoms with E-state index in [-0.39, 0.29) is 0 Å². The third-order valence-corrected chi connectivity index (χ3v) is 4.12. The Hall–Kier alpha value is -1.27. The van der Waals surface area contributed by atoms with Crippen LogP contribution in [0.5, 0.6) is 0 Å². The standard InChI is InChI=1S/C12H17F3N2O2/c1-2-8-3-5-11(6-4-8)9(18)17(10(19)16-11)7-12(13,14)15/h8H,2-7H2,1H3,(H,16,19). The highest BCUT2D eigenvalue weighted by Gasteiger charge is 2.54. The summed E-state index contributed by atoms with van der Waals surface area (Å²) in [5, 5.41) is 2.47. The second kappa shape index (κ2) is 4.68. The smallest absolute Gasteiger partial charge is 0.323 e. The summed E-state index contributed by atoms with van der Waals surface area (Å²) in [6.07, 6.45) is -1.16.